The second kappa shape index (κ2) is 6.83. The lowest BCUT2D eigenvalue weighted by Crippen LogP contribution is -2.37. The molecule has 2 aliphatic heterocycles. The van der Waals surface area contributed by atoms with Crippen LogP contribution in [0.1, 0.15) is 24.6 Å². The number of nitrogens with zero attached hydrogens (tertiary/aromatic N) is 4. The molecule has 0 spiro atoms. The van der Waals surface area contributed by atoms with Gasteiger partial charge in [0, 0.05) is 30.7 Å². The zero-order valence-electron chi connectivity index (χ0n) is 15.4. The first-order valence-corrected chi connectivity index (χ1v) is 9.33. The number of aromatic amines is 1. The lowest BCUT2D eigenvalue weighted by atomic mass is 10.1. The van der Waals surface area contributed by atoms with Crippen molar-refractivity contribution < 1.29 is 32.0 Å². The smallest absolute Gasteiger partial charge is 0.414 e. The topological polar surface area (TPSA) is 91.1 Å². The molecule has 2 saturated heterocycles. The number of nitroso groups, excluding NO2 is 1. The van der Waals surface area contributed by atoms with E-state index in [4.69, 9.17) is 4.74 Å². The van der Waals surface area contributed by atoms with Crippen LogP contribution in [0.3, 0.4) is 0 Å². The molecule has 0 amide bonds. The van der Waals surface area contributed by atoms with Gasteiger partial charge < -0.3 is 14.4 Å². The van der Waals surface area contributed by atoms with Crippen LogP contribution in [0.15, 0.2) is 23.5 Å². The standard InChI is InChI=1S/C18H15F4N5O3/c19-17(20)30-13-1-8(5-23-16(13)26-28)12-3-14(27-6-10-2-9(27)7-29-10)25-15(24-12)11-4-18(11,21)22/h1,3,5,9-11,17H,2,4,6-7H2/p+1/t9-,10-,11?/m0/s1. The van der Waals surface area contributed by atoms with Crippen LogP contribution >= 0.6 is 0 Å². The summed E-state index contributed by atoms with van der Waals surface area (Å²) < 4.78 is 62.7. The molecule has 4 heterocycles. The number of ether oxygens (including phenoxy) is 2. The molecule has 1 saturated carbocycles. The number of hydrogen-bond donors (Lipinski definition) is 0. The van der Waals surface area contributed by atoms with Crippen molar-refractivity contribution >= 4 is 11.6 Å². The van der Waals surface area contributed by atoms with Gasteiger partial charge in [-0.3, -0.25) is 0 Å². The number of fused-ring (bicyclic) bond motifs is 2. The van der Waals surface area contributed by atoms with E-state index in [0.29, 0.717) is 19.0 Å². The zero-order valence-corrected chi connectivity index (χ0v) is 15.4. The summed E-state index contributed by atoms with van der Waals surface area (Å²) in [4.78, 5) is 23.9. The molecule has 1 unspecified atom stereocenters. The second-order valence-corrected chi connectivity index (χ2v) is 7.56. The summed E-state index contributed by atoms with van der Waals surface area (Å²) in [5.74, 6) is -4.39. The van der Waals surface area contributed by atoms with Crippen LogP contribution in [0.5, 0.6) is 5.75 Å². The van der Waals surface area contributed by atoms with E-state index in [2.05, 4.69) is 24.9 Å². The fourth-order valence-corrected chi connectivity index (χ4v) is 3.95. The summed E-state index contributed by atoms with van der Waals surface area (Å²) in [5.41, 5.74) is 0.515. The molecule has 3 fully saturated rings. The Balaban J connectivity index is 1.57. The predicted molar refractivity (Wildman–Crippen MR) is 93.9 cm³/mol. The number of nitrogens with one attached hydrogen (secondary N) is 1. The van der Waals surface area contributed by atoms with E-state index in [0.717, 1.165) is 6.42 Å². The molecule has 12 heteroatoms. The van der Waals surface area contributed by atoms with E-state index in [1.807, 2.05) is 4.90 Å². The average molecular weight is 426 g/mol. The van der Waals surface area contributed by atoms with E-state index in [1.165, 1.54) is 12.3 Å². The third-order valence-electron chi connectivity index (χ3n) is 5.55. The summed E-state index contributed by atoms with van der Waals surface area (Å²) in [6.07, 6.45) is 1.88. The number of halogens is 4. The maximum absolute atomic E-state index is 13.7. The van der Waals surface area contributed by atoms with Crippen LogP contribution in [-0.4, -0.2) is 47.8 Å². The summed E-state index contributed by atoms with van der Waals surface area (Å²) in [5, 5.41) is 2.62. The molecular formula is C18H16F4N5O3+. The van der Waals surface area contributed by atoms with Gasteiger partial charge in [-0.2, -0.15) is 8.78 Å². The SMILES string of the molecule is O=Nc1[nH+]cc(-c2cc(N3C[C@@H]4C[C@H]3CO4)nc(C3CC3(F)F)n2)cc1OC(F)F. The van der Waals surface area contributed by atoms with Gasteiger partial charge in [0.05, 0.1) is 36.6 Å². The molecule has 0 radical (unpaired) electrons. The van der Waals surface area contributed by atoms with Gasteiger partial charge in [0.2, 0.25) is 10.9 Å². The third kappa shape index (κ3) is 3.34. The highest BCUT2D eigenvalue weighted by atomic mass is 19.3. The Morgan fingerprint density at radius 3 is 2.73 bits per heavy atom. The fourth-order valence-electron chi connectivity index (χ4n) is 3.95. The van der Waals surface area contributed by atoms with Crippen LogP contribution in [-0.2, 0) is 4.74 Å². The molecule has 2 aromatic heterocycles. The van der Waals surface area contributed by atoms with E-state index >= 15 is 0 Å². The van der Waals surface area contributed by atoms with Crippen LogP contribution < -0.4 is 14.6 Å². The van der Waals surface area contributed by atoms with Crippen LogP contribution in [0.4, 0.5) is 29.2 Å². The van der Waals surface area contributed by atoms with Gasteiger partial charge in [0.25, 0.3) is 5.92 Å². The number of rotatable bonds is 6. The molecule has 158 valence electrons. The average Bonchev–Trinajstić information content (AvgIpc) is 3.07. The summed E-state index contributed by atoms with van der Waals surface area (Å²) >= 11 is 0. The molecule has 30 heavy (non-hydrogen) atoms. The summed E-state index contributed by atoms with van der Waals surface area (Å²) in [6, 6.07) is 2.87. The fraction of sp³-hybridized carbons (Fsp3) is 0.500. The van der Waals surface area contributed by atoms with Gasteiger partial charge in [-0.1, -0.05) is 0 Å². The molecule has 3 atom stereocenters. The molecule has 5 rings (SSSR count). The van der Waals surface area contributed by atoms with Crippen molar-refractivity contribution in [1.29, 1.82) is 0 Å². The monoisotopic (exact) mass is 426 g/mol. The van der Waals surface area contributed by atoms with Gasteiger partial charge in [-0.15, -0.1) is 0 Å². The third-order valence-corrected chi connectivity index (χ3v) is 5.55. The number of alkyl halides is 4. The molecule has 2 aromatic rings. The Morgan fingerprint density at radius 2 is 2.13 bits per heavy atom. The Hall–Kier alpha value is -2.89. The van der Waals surface area contributed by atoms with Gasteiger partial charge in [-0.05, 0) is 11.3 Å². The molecule has 1 aliphatic carbocycles. The lowest BCUT2D eigenvalue weighted by molar-refractivity contribution is -0.363. The van der Waals surface area contributed by atoms with E-state index in [1.54, 1.807) is 6.07 Å². The van der Waals surface area contributed by atoms with Gasteiger partial charge in [-0.25, -0.2) is 23.7 Å². The number of anilines is 1. The van der Waals surface area contributed by atoms with E-state index in [-0.39, 0.29) is 35.6 Å². The Bertz CT molecular complexity index is 1010. The largest absolute Gasteiger partial charge is 0.426 e. The number of aromatic nitrogens is 3. The van der Waals surface area contributed by atoms with Crippen LogP contribution in [0, 0.1) is 4.91 Å². The van der Waals surface area contributed by atoms with Crippen molar-refractivity contribution in [3.05, 3.63) is 29.1 Å². The van der Waals surface area contributed by atoms with Crippen molar-refractivity contribution in [2.45, 2.75) is 43.4 Å². The van der Waals surface area contributed by atoms with E-state index in [9.17, 15) is 22.5 Å². The Labute approximate surface area is 167 Å². The lowest BCUT2D eigenvalue weighted by Gasteiger charge is -2.28. The number of hydrogen-bond acceptors (Lipinski definition) is 7. The first-order chi connectivity index (χ1) is 14.3. The molecule has 1 N–H and O–H groups in total. The minimum atomic E-state index is -3.17. The number of H-pyrrole nitrogens is 1. The maximum atomic E-state index is 13.7. The van der Waals surface area contributed by atoms with Crippen molar-refractivity contribution in [1.82, 2.24) is 9.97 Å². The maximum Gasteiger partial charge on any atom is 0.414 e. The minimum Gasteiger partial charge on any atom is -0.426 e. The van der Waals surface area contributed by atoms with Gasteiger partial charge in [0.15, 0.2) is 0 Å². The molecule has 3 aliphatic rings. The normalized spacial score (nSPS) is 26.3. The van der Waals surface area contributed by atoms with Crippen LogP contribution in [0.25, 0.3) is 11.3 Å². The van der Waals surface area contributed by atoms with Gasteiger partial charge >= 0.3 is 12.4 Å². The highest BCUT2D eigenvalue weighted by molar-refractivity contribution is 5.65. The van der Waals surface area contributed by atoms with E-state index < -0.39 is 30.0 Å². The number of morpholine rings is 1. The minimum absolute atomic E-state index is 0.00916. The summed E-state index contributed by atoms with van der Waals surface area (Å²) in [7, 11) is 0. The predicted octanol–water partition coefficient (Wildman–Crippen LogP) is 3.06. The molecular weight excluding hydrogens is 410 g/mol. The van der Waals surface area contributed by atoms with Crippen molar-refractivity contribution in [3.63, 3.8) is 0 Å². The van der Waals surface area contributed by atoms with Crippen LogP contribution in [0.2, 0.25) is 0 Å². The molecule has 0 aromatic carbocycles. The molecule has 2 bridgehead atoms. The second-order valence-electron chi connectivity index (χ2n) is 7.56. The highest BCUT2D eigenvalue weighted by Crippen LogP contribution is 2.55. The molecule has 8 nitrogen and oxygen atoms in total. The first kappa shape index (κ1) is 19.1. The highest BCUT2D eigenvalue weighted by Gasteiger charge is 2.59. The zero-order chi connectivity index (χ0) is 21.0. The Kier molecular flexibility index (Phi) is 4.34. The van der Waals surface area contributed by atoms with Crippen molar-refractivity contribution in [3.8, 4) is 17.0 Å². The quantitative estimate of drug-likeness (QED) is 0.521. The Morgan fingerprint density at radius 1 is 1.33 bits per heavy atom. The number of pyridine rings is 1. The van der Waals surface area contributed by atoms with Gasteiger partial charge in [0.1, 0.15) is 11.6 Å². The first-order valence-electron chi connectivity index (χ1n) is 9.33. The van der Waals surface area contributed by atoms with Crippen molar-refractivity contribution in [2.75, 3.05) is 18.1 Å². The summed E-state index contributed by atoms with van der Waals surface area (Å²) in [6.45, 7) is -2.06. The van der Waals surface area contributed by atoms with Crippen molar-refractivity contribution in [2.24, 2.45) is 5.18 Å².